The maximum absolute atomic E-state index is 15.4. The third kappa shape index (κ3) is 5.33. The number of carbonyl (C=O) groups is 1. The van der Waals surface area contributed by atoms with Crippen molar-refractivity contribution in [1.29, 1.82) is 0 Å². The van der Waals surface area contributed by atoms with Crippen molar-refractivity contribution in [2.24, 2.45) is 0 Å². The lowest BCUT2D eigenvalue weighted by atomic mass is 9.82. The van der Waals surface area contributed by atoms with Crippen LogP contribution in [0.15, 0.2) is 48.5 Å². The van der Waals surface area contributed by atoms with Gasteiger partial charge < -0.3 is 20.3 Å². The first-order valence-electron chi connectivity index (χ1n) is 12.2. The minimum Gasteiger partial charge on any atom is -0.393 e. The van der Waals surface area contributed by atoms with Gasteiger partial charge in [0.05, 0.1) is 12.1 Å². The van der Waals surface area contributed by atoms with Gasteiger partial charge in [-0.05, 0) is 49.8 Å². The number of nitrogens with zero attached hydrogens (tertiary/aromatic N) is 1. The van der Waals surface area contributed by atoms with Gasteiger partial charge in [-0.25, -0.2) is 12.8 Å². The van der Waals surface area contributed by atoms with Crippen molar-refractivity contribution >= 4 is 15.9 Å². The van der Waals surface area contributed by atoms with Gasteiger partial charge in [-0.1, -0.05) is 42.5 Å². The molecule has 4 rings (SSSR count). The molecule has 2 heterocycles. The topological polar surface area (TPSA) is 116 Å². The fourth-order valence-electron chi connectivity index (χ4n) is 5.10. The van der Waals surface area contributed by atoms with Crippen molar-refractivity contribution in [2.75, 3.05) is 19.8 Å². The number of aliphatic hydroxyl groups excluding tert-OH is 2. The van der Waals surface area contributed by atoms with Crippen molar-refractivity contribution in [3.8, 4) is 0 Å². The molecule has 3 atom stereocenters. The van der Waals surface area contributed by atoms with Crippen LogP contribution in [-0.2, 0) is 31.6 Å². The number of sulfonamides is 1. The Balaban J connectivity index is 1.60. The first-order valence-corrected chi connectivity index (χ1v) is 13.7. The molecule has 8 nitrogen and oxygen atoms in total. The molecule has 3 N–H and O–H groups in total. The Morgan fingerprint density at radius 3 is 2.53 bits per heavy atom. The van der Waals surface area contributed by atoms with Crippen LogP contribution in [0.2, 0.25) is 0 Å². The van der Waals surface area contributed by atoms with Gasteiger partial charge in [-0.2, -0.15) is 4.31 Å². The summed E-state index contributed by atoms with van der Waals surface area (Å²) in [6.07, 6.45) is 0.325. The Labute approximate surface area is 211 Å². The minimum atomic E-state index is -3.71. The predicted octanol–water partition coefficient (Wildman–Crippen LogP) is 2.36. The van der Waals surface area contributed by atoms with Gasteiger partial charge in [0.15, 0.2) is 6.10 Å². The average molecular weight is 521 g/mol. The third-order valence-electron chi connectivity index (χ3n) is 7.31. The van der Waals surface area contributed by atoms with E-state index in [1.54, 1.807) is 24.3 Å². The average Bonchev–Trinajstić information content (AvgIpc) is 2.87. The van der Waals surface area contributed by atoms with Crippen molar-refractivity contribution < 1.29 is 32.6 Å². The Bertz CT molecular complexity index is 1170. The predicted molar refractivity (Wildman–Crippen MR) is 132 cm³/mol. The molecule has 2 aliphatic heterocycles. The fourth-order valence-corrected chi connectivity index (χ4v) is 7.29. The number of carbonyl (C=O) groups excluding carboxylic acids is 1. The van der Waals surface area contributed by atoms with Crippen molar-refractivity contribution in [3.63, 3.8) is 0 Å². The highest BCUT2D eigenvalue weighted by Crippen LogP contribution is 2.39. The second-order valence-corrected chi connectivity index (χ2v) is 11.7. The highest BCUT2D eigenvalue weighted by Gasteiger charge is 2.41. The number of hydrogen-bond acceptors (Lipinski definition) is 6. The summed E-state index contributed by atoms with van der Waals surface area (Å²) in [6, 6.07) is 13.4. The molecular weight excluding hydrogens is 487 g/mol. The molecule has 10 heteroatoms. The summed E-state index contributed by atoms with van der Waals surface area (Å²) in [6.45, 7) is 1.69. The van der Waals surface area contributed by atoms with Crippen LogP contribution in [0.25, 0.3) is 0 Å². The van der Waals surface area contributed by atoms with Crippen molar-refractivity contribution in [3.05, 3.63) is 71.0 Å². The number of halogens is 1. The maximum atomic E-state index is 15.4. The van der Waals surface area contributed by atoms with Gasteiger partial charge in [0.2, 0.25) is 10.0 Å². The van der Waals surface area contributed by atoms with Crippen LogP contribution in [0, 0.1) is 5.82 Å². The van der Waals surface area contributed by atoms with Crippen molar-refractivity contribution in [1.82, 2.24) is 9.62 Å². The molecular formula is C26H33FN2O6S. The van der Waals surface area contributed by atoms with Crippen LogP contribution in [0.1, 0.15) is 54.5 Å². The highest BCUT2D eigenvalue weighted by molar-refractivity contribution is 7.89. The van der Waals surface area contributed by atoms with Crippen LogP contribution in [0.4, 0.5) is 4.39 Å². The van der Waals surface area contributed by atoms with E-state index in [0.717, 1.165) is 5.56 Å². The number of benzene rings is 2. The highest BCUT2D eigenvalue weighted by atomic mass is 32.2. The molecule has 2 aliphatic rings. The molecule has 1 amide bonds. The number of aliphatic hydroxyl groups is 2. The van der Waals surface area contributed by atoms with Crippen LogP contribution in [-0.4, -0.2) is 60.8 Å². The third-order valence-corrected chi connectivity index (χ3v) is 9.68. The van der Waals surface area contributed by atoms with Crippen LogP contribution in [0.5, 0.6) is 0 Å². The summed E-state index contributed by atoms with van der Waals surface area (Å²) >= 11 is 0. The Morgan fingerprint density at radius 2 is 1.89 bits per heavy atom. The van der Waals surface area contributed by atoms with E-state index in [1.807, 2.05) is 25.1 Å². The van der Waals surface area contributed by atoms with Gasteiger partial charge in [0.25, 0.3) is 5.91 Å². The molecule has 0 bridgehead atoms. The standard InChI is InChI=1S/C26H33FN2O6S/c1-18-7-10-24(19-5-3-2-4-6-19)36(33,34)29(18)16-20-8-9-21(15-22(20)27)26(11-13-35-14-12-26)28-25(32)23(31)17-30/h2-6,8-9,15,18,23-24,30-31H,7,10-14,16-17H2,1H3,(H,28,32)/t18-,23?,24+/m0/s1. The SMILES string of the molecule is C[C@H]1CC[C@H](c2ccccc2)S(=O)(=O)N1Cc1ccc(C2(NC(=O)C(O)CO)CCOCC2)cc1F. The summed E-state index contributed by atoms with van der Waals surface area (Å²) < 4.78 is 49.3. The van der Waals surface area contributed by atoms with Gasteiger partial charge >= 0.3 is 0 Å². The summed E-state index contributed by atoms with van der Waals surface area (Å²) in [5.41, 5.74) is 0.509. The molecule has 196 valence electrons. The van der Waals surface area contributed by atoms with Gasteiger partial charge in [-0.3, -0.25) is 4.79 Å². The zero-order chi connectivity index (χ0) is 25.9. The first-order chi connectivity index (χ1) is 17.2. The largest absolute Gasteiger partial charge is 0.393 e. The monoisotopic (exact) mass is 520 g/mol. The molecule has 2 aromatic rings. The Morgan fingerprint density at radius 1 is 1.19 bits per heavy atom. The Hall–Kier alpha value is -2.37. The molecule has 0 aromatic heterocycles. The molecule has 0 aliphatic carbocycles. The first kappa shape index (κ1) is 26.7. The van der Waals surface area contributed by atoms with Gasteiger partial charge in [0, 0.05) is 31.4 Å². The number of hydrogen-bond donors (Lipinski definition) is 3. The normalized spacial score (nSPS) is 24.7. The van der Waals surface area contributed by atoms with Crippen LogP contribution < -0.4 is 5.32 Å². The van der Waals surface area contributed by atoms with E-state index in [-0.39, 0.29) is 18.2 Å². The lowest BCUT2D eigenvalue weighted by molar-refractivity contribution is -0.134. The van der Waals surface area contributed by atoms with E-state index in [2.05, 4.69) is 5.32 Å². The summed E-state index contributed by atoms with van der Waals surface area (Å²) in [4.78, 5) is 12.4. The summed E-state index contributed by atoms with van der Waals surface area (Å²) in [5.74, 6) is -1.32. The molecule has 0 saturated carbocycles. The van der Waals surface area contributed by atoms with Gasteiger partial charge in [-0.15, -0.1) is 0 Å². The fraction of sp³-hybridized carbons (Fsp3) is 0.500. The van der Waals surface area contributed by atoms with E-state index in [0.29, 0.717) is 44.5 Å². The zero-order valence-corrected chi connectivity index (χ0v) is 21.1. The lowest BCUT2D eigenvalue weighted by Crippen LogP contribution is -2.53. The smallest absolute Gasteiger partial charge is 0.251 e. The number of ether oxygens (including phenoxy) is 1. The number of amides is 1. The molecule has 1 unspecified atom stereocenters. The molecule has 0 spiro atoms. The minimum absolute atomic E-state index is 0.0926. The van der Waals surface area contributed by atoms with E-state index < -0.39 is 45.2 Å². The number of nitrogens with one attached hydrogen (secondary N) is 1. The summed E-state index contributed by atoms with van der Waals surface area (Å²) in [5, 5.41) is 21.0. The summed E-state index contributed by atoms with van der Waals surface area (Å²) in [7, 11) is -3.71. The molecule has 36 heavy (non-hydrogen) atoms. The van der Waals surface area contributed by atoms with E-state index in [4.69, 9.17) is 9.84 Å². The quantitative estimate of drug-likeness (QED) is 0.516. The molecule has 2 fully saturated rings. The van der Waals surface area contributed by atoms with E-state index in [9.17, 15) is 18.3 Å². The van der Waals surface area contributed by atoms with E-state index in [1.165, 1.54) is 10.4 Å². The second-order valence-electron chi connectivity index (χ2n) is 9.60. The van der Waals surface area contributed by atoms with Gasteiger partial charge in [0.1, 0.15) is 11.1 Å². The van der Waals surface area contributed by atoms with E-state index >= 15 is 4.39 Å². The zero-order valence-electron chi connectivity index (χ0n) is 20.3. The maximum Gasteiger partial charge on any atom is 0.251 e. The van der Waals surface area contributed by atoms with Crippen LogP contribution in [0.3, 0.4) is 0 Å². The molecule has 2 aromatic carbocycles. The second kappa shape index (κ2) is 10.9. The van der Waals surface area contributed by atoms with Crippen molar-refractivity contribution in [2.45, 2.75) is 62.1 Å². The lowest BCUT2D eigenvalue weighted by Gasteiger charge is -2.39. The molecule has 0 radical (unpaired) electrons. The Kier molecular flexibility index (Phi) is 8.11. The molecule has 2 saturated heterocycles. The number of rotatable bonds is 7. The van der Waals surface area contributed by atoms with Crippen LogP contribution >= 0.6 is 0 Å².